The third kappa shape index (κ3) is 2.88. The molecule has 0 aliphatic rings. The lowest BCUT2D eigenvalue weighted by Gasteiger charge is -2.08. The molecule has 0 aliphatic carbocycles. The number of benzene rings is 2. The highest BCUT2D eigenvalue weighted by Gasteiger charge is 2.07. The Hall–Kier alpha value is -2.85. The smallest absolute Gasteiger partial charge is 0.137 e. The molecule has 0 unspecified atom stereocenters. The maximum absolute atomic E-state index is 13.5. The van der Waals surface area contributed by atoms with Crippen molar-refractivity contribution in [2.45, 2.75) is 6.61 Å². The zero-order valence-corrected chi connectivity index (χ0v) is 9.93. The zero-order chi connectivity index (χ0) is 13.7. The van der Waals surface area contributed by atoms with Gasteiger partial charge >= 0.3 is 0 Å². The molecule has 0 atom stereocenters. The van der Waals surface area contributed by atoms with Gasteiger partial charge in [0.1, 0.15) is 24.2 Å². The predicted molar refractivity (Wildman–Crippen MR) is 66.6 cm³/mol. The molecule has 92 valence electrons. The number of ether oxygens (including phenoxy) is 1. The summed E-state index contributed by atoms with van der Waals surface area (Å²) in [6.45, 7) is -0.0277. The first-order chi connectivity index (χ1) is 9.24. The lowest BCUT2D eigenvalue weighted by molar-refractivity contribution is 0.299. The number of halogens is 1. The van der Waals surface area contributed by atoms with Gasteiger partial charge in [0.15, 0.2) is 0 Å². The molecule has 0 spiro atoms. The molecular formula is C15H9FN2O. The second-order valence-corrected chi connectivity index (χ2v) is 3.81. The molecule has 0 N–H and O–H groups in total. The summed E-state index contributed by atoms with van der Waals surface area (Å²) in [4.78, 5) is 0. The van der Waals surface area contributed by atoms with Crippen molar-refractivity contribution in [1.82, 2.24) is 0 Å². The molecule has 3 nitrogen and oxygen atoms in total. The third-order valence-electron chi connectivity index (χ3n) is 2.57. The molecule has 0 aliphatic heterocycles. The summed E-state index contributed by atoms with van der Waals surface area (Å²) >= 11 is 0. The molecule has 0 saturated carbocycles. The summed E-state index contributed by atoms with van der Waals surface area (Å²) < 4.78 is 19.0. The quantitative estimate of drug-likeness (QED) is 0.843. The Labute approximate surface area is 110 Å². The first-order valence-electron chi connectivity index (χ1n) is 5.55. The van der Waals surface area contributed by atoms with Crippen molar-refractivity contribution in [2.75, 3.05) is 0 Å². The minimum absolute atomic E-state index is 0.0277. The Bertz CT molecular complexity index is 683. The second kappa shape index (κ2) is 5.66. The molecule has 0 radical (unpaired) electrons. The predicted octanol–water partition coefficient (Wildman–Crippen LogP) is 3.15. The van der Waals surface area contributed by atoms with E-state index in [1.54, 1.807) is 24.3 Å². The molecule has 2 aromatic carbocycles. The average molecular weight is 252 g/mol. The van der Waals surface area contributed by atoms with E-state index in [4.69, 9.17) is 15.3 Å². The summed E-state index contributed by atoms with van der Waals surface area (Å²) in [7, 11) is 0. The standard InChI is InChI=1S/C15H9FN2O/c16-14-6-5-11(8-17)7-13(14)10-19-15-4-2-1-3-12(15)9-18/h1-7H,10H2. The highest BCUT2D eigenvalue weighted by atomic mass is 19.1. The van der Waals surface area contributed by atoms with Gasteiger partial charge in [-0.15, -0.1) is 0 Å². The number of hydrogen-bond acceptors (Lipinski definition) is 3. The SMILES string of the molecule is N#Cc1ccc(F)c(COc2ccccc2C#N)c1. The second-order valence-electron chi connectivity index (χ2n) is 3.81. The van der Waals surface area contributed by atoms with Crippen LogP contribution >= 0.6 is 0 Å². The fourth-order valence-corrected chi connectivity index (χ4v) is 1.60. The van der Waals surface area contributed by atoms with E-state index in [1.165, 1.54) is 18.2 Å². The van der Waals surface area contributed by atoms with Crippen LogP contribution in [0, 0.1) is 28.5 Å². The van der Waals surface area contributed by atoms with Gasteiger partial charge in [0.25, 0.3) is 0 Å². The minimum atomic E-state index is -0.437. The molecule has 0 amide bonds. The fourth-order valence-electron chi connectivity index (χ4n) is 1.60. The lowest BCUT2D eigenvalue weighted by atomic mass is 10.1. The highest BCUT2D eigenvalue weighted by Crippen LogP contribution is 2.19. The number of nitriles is 2. The molecule has 0 bridgehead atoms. The van der Waals surface area contributed by atoms with E-state index in [0.29, 0.717) is 16.9 Å². The Kier molecular flexibility index (Phi) is 3.75. The number of hydrogen-bond donors (Lipinski definition) is 0. The maximum Gasteiger partial charge on any atom is 0.137 e. The van der Waals surface area contributed by atoms with Crippen molar-refractivity contribution in [1.29, 1.82) is 10.5 Å². The van der Waals surface area contributed by atoms with E-state index >= 15 is 0 Å². The van der Waals surface area contributed by atoms with Gasteiger partial charge in [0.2, 0.25) is 0 Å². The van der Waals surface area contributed by atoms with Crippen molar-refractivity contribution < 1.29 is 9.13 Å². The number of rotatable bonds is 3. The monoisotopic (exact) mass is 252 g/mol. The van der Waals surface area contributed by atoms with Crippen LogP contribution < -0.4 is 4.74 Å². The lowest BCUT2D eigenvalue weighted by Crippen LogP contribution is -2.00. The van der Waals surface area contributed by atoms with Crippen molar-refractivity contribution in [3.05, 3.63) is 65.0 Å². The largest absolute Gasteiger partial charge is 0.487 e. The van der Waals surface area contributed by atoms with Gasteiger partial charge in [-0.1, -0.05) is 12.1 Å². The Morgan fingerprint density at radius 1 is 1.05 bits per heavy atom. The van der Waals surface area contributed by atoms with E-state index in [2.05, 4.69) is 0 Å². The van der Waals surface area contributed by atoms with Crippen molar-refractivity contribution in [3.8, 4) is 17.9 Å². The van der Waals surface area contributed by atoms with Crippen LogP contribution in [-0.2, 0) is 6.61 Å². The van der Waals surface area contributed by atoms with Crippen LogP contribution in [0.25, 0.3) is 0 Å². The van der Waals surface area contributed by atoms with Crippen LogP contribution in [0.3, 0.4) is 0 Å². The first kappa shape index (κ1) is 12.6. The normalized spacial score (nSPS) is 9.42. The van der Waals surface area contributed by atoms with Crippen LogP contribution in [-0.4, -0.2) is 0 Å². The zero-order valence-electron chi connectivity index (χ0n) is 9.93. The number of para-hydroxylation sites is 1. The summed E-state index contributed by atoms with van der Waals surface area (Å²) in [5.74, 6) is -0.0415. The summed E-state index contributed by atoms with van der Waals surface area (Å²) in [6, 6.07) is 14.7. The average Bonchev–Trinajstić information content (AvgIpc) is 2.46. The van der Waals surface area contributed by atoms with Gasteiger partial charge in [-0.25, -0.2) is 4.39 Å². The molecule has 4 heteroatoms. The van der Waals surface area contributed by atoms with E-state index in [9.17, 15) is 4.39 Å². The maximum atomic E-state index is 13.5. The van der Waals surface area contributed by atoms with Gasteiger partial charge in [-0.2, -0.15) is 10.5 Å². The van der Waals surface area contributed by atoms with Gasteiger partial charge in [0, 0.05) is 5.56 Å². The molecule has 0 heterocycles. The summed E-state index contributed by atoms with van der Waals surface area (Å²) in [5.41, 5.74) is 1.04. The van der Waals surface area contributed by atoms with E-state index in [-0.39, 0.29) is 12.2 Å². The van der Waals surface area contributed by atoms with Gasteiger partial charge < -0.3 is 4.74 Å². The van der Waals surface area contributed by atoms with E-state index in [1.807, 2.05) is 12.1 Å². The van der Waals surface area contributed by atoms with Crippen molar-refractivity contribution >= 4 is 0 Å². The molecule has 19 heavy (non-hydrogen) atoms. The molecule has 2 rings (SSSR count). The van der Waals surface area contributed by atoms with Crippen molar-refractivity contribution in [2.24, 2.45) is 0 Å². The van der Waals surface area contributed by atoms with Crippen LogP contribution in [0.1, 0.15) is 16.7 Å². The molecule has 0 fully saturated rings. The topological polar surface area (TPSA) is 56.8 Å². The number of nitrogens with zero attached hydrogens (tertiary/aromatic N) is 2. The van der Waals surface area contributed by atoms with Gasteiger partial charge in [0.05, 0.1) is 17.2 Å². The van der Waals surface area contributed by atoms with E-state index in [0.717, 1.165) is 0 Å². The van der Waals surface area contributed by atoms with E-state index < -0.39 is 5.82 Å². The van der Waals surface area contributed by atoms with Gasteiger partial charge in [-0.05, 0) is 30.3 Å². The molecular weight excluding hydrogens is 243 g/mol. The summed E-state index contributed by atoms with van der Waals surface area (Å²) in [6.07, 6.45) is 0. The van der Waals surface area contributed by atoms with Crippen molar-refractivity contribution in [3.63, 3.8) is 0 Å². The Morgan fingerprint density at radius 3 is 2.58 bits per heavy atom. The van der Waals surface area contributed by atoms with Crippen LogP contribution in [0.5, 0.6) is 5.75 Å². The van der Waals surface area contributed by atoms with Crippen LogP contribution in [0.15, 0.2) is 42.5 Å². The molecule has 0 saturated heterocycles. The minimum Gasteiger partial charge on any atom is -0.487 e. The summed E-state index contributed by atoms with van der Waals surface area (Å²) in [5, 5.41) is 17.7. The molecule has 2 aromatic rings. The Balaban J connectivity index is 2.20. The third-order valence-corrected chi connectivity index (χ3v) is 2.57. The highest BCUT2D eigenvalue weighted by molar-refractivity contribution is 5.42. The van der Waals surface area contributed by atoms with Crippen LogP contribution in [0.4, 0.5) is 4.39 Å². The Morgan fingerprint density at radius 2 is 1.84 bits per heavy atom. The van der Waals surface area contributed by atoms with Crippen LogP contribution in [0.2, 0.25) is 0 Å². The van der Waals surface area contributed by atoms with Gasteiger partial charge in [-0.3, -0.25) is 0 Å². The fraction of sp³-hybridized carbons (Fsp3) is 0.0667. The first-order valence-corrected chi connectivity index (χ1v) is 5.55. The molecule has 0 aromatic heterocycles.